The molecule has 1 amide bonds. The molecule has 0 aliphatic carbocycles. The molecule has 0 heterocycles. The molecule has 126 valence electrons. The van der Waals surface area contributed by atoms with Crippen molar-refractivity contribution in [1.29, 1.82) is 0 Å². The van der Waals surface area contributed by atoms with Crippen molar-refractivity contribution >= 4 is 28.9 Å². The second kappa shape index (κ2) is 8.96. The normalized spacial score (nSPS) is 10.0. The maximum absolute atomic E-state index is 13.3. The molecule has 0 aliphatic heterocycles. The number of hydrazine groups is 1. The summed E-state index contributed by atoms with van der Waals surface area (Å²) in [5.74, 6) is -1.65. The van der Waals surface area contributed by atoms with E-state index >= 15 is 0 Å². The number of carbonyl (C=O) groups is 1. The molecule has 0 bridgehead atoms. The van der Waals surface area contributed by atoms with Crippen LogP contribution in [0.1, 0.15) is 16.8 Å². The average molecular weight is 344 g/mol. The summed E-state index contributed by atoms with van der Waals surface area (Å²) in [6.07, 6.45) is 0.739. The minimum absolute atomic E-state index is 0.0490. The maximum Gasteiger partial charge on any atom is 0.305 e. The van der Waals surface area contributed by atoms with E-state index < -0.39 is 22.3 Å². The zero-order chi connectivity index (χ0) is 17.4. The van der Waals surface area contributed by atoms with Gasteiger partial charge >= 0.3 is 5.69 Å². The number of rotatable bonds is 6. The summed E-state index contributed by atoms with van der Waals surface area (Å²) in [5.41, 5.74) is 1.62. The summed E-state index contributed by atoms with van der Waals surface area (Å²) in [6, 6.07) is 2.89. The molecule has 1 aromatic carbocycles. The smallest absolute Gasteiger partial charge is 0.305 e. The largest absolute Gasteiger partial charge is 0.385 e. The fraction of sp³-hybridized carbons (Fsp3) is 0.385. The van der Waals surface area contributed by atoms with Gasteiger partial charge in [0.25, 0.3) is 5.91 Å². The Labute approximate surface area is 137 Å². The highest BCUT2D eigenvalue weighted by Gasteiger charge is 2.18. The van der Waals surface area contributed by atoms with Crippen molar-refractivity contribution in [2.45, 2.75) is 6.42 Å². The van der Waals surface area contributed by atoms with Crippen LogP contribution in [0.5, 0.6) is 0 Å². The van der Waals surface area contributed by atoms with Gasteiger partial charge < -0.3 is 10.1 Å². The molecule has 0 unspecified atom stereocenters. The lowest BCUT2D eigenvalue weighted by Gasteiger charge is -2.21. The molecule has 10 heteroatoms. The highest BCUT2D eigenvalue weighted by atomic mass is 32.1. The predicted octanol–water partition coefficient (Wildman–Crippen LogP) is 1.22. The van der Waals surface area contributed by atoms with Crippen LogP contribution in [0.2, 0.25) is 0 Å². The molecule has 0 saturated heterocycles. The average Bonchev–Trinajstić information content (AvgIpc) is 2.51. The predicted molar refractivity (Wildman–Crippen MR) is 85.4 cm³/mol. The van der Waals surface area contributed by atoms with Crippen LogP contribution in [0.25, 0.3) is 0 Å². The first-order valence-corrected chi connectivity index (χ1v) is 7.03. The third kappa shape index (κ3) is 5.75. The Balaban J connectivity index is 2.63. The quantitative estimate of drug-likeness (QED) is 0.347. The van der Waals surface area contributed by atoms with Crippen molar-refractivity contribution in [3.8, 4) is 0 Å². The van der Waals surface area contributed by atoms with Crippen LogP contribution >= 0.6 is 12.2 Å². The molecule has 0 spiro atoms. The van der Waals surface area contributed by atoms with Gasteiger partial charge in [0.15, 0.2) is 5.11 Å². The molecule has 0 aromatic heterocycles. The molecule has 1 rings (SSSR count). The number of hydrogen-bond acceptors (Lipinski definition) is 5. The zero-order valence-corrected chi connectivity index (χ0v) is 13.5. The van der Waals surface area contributed by atoms with Gasteiger partial charge in [0.05, 0.1) is 4.92 Å². The summed E-state index contributed by atoms with van der Waals surface area (Å²) in [7, 11) is 3.11. The standard InChI is InChI=1S/C13H17FN4O4S/c1-17(13(23)15-6-3-7-22-2)16-12(19)9-4-5-10(14)11(8-9)18(20)21/h4-5,8H,3,6-7H2,1-2H3,(H,15,23)(H,16,19). The van der Waals surface area contributed by atoms with Gasteiger partial charge in [-0.05, 0) is 30.8 Å². The van der Waals surface area contributed by atoms with Crippen LogP contribution in [0.3, 0.4) is 0 Å². The van der Waals surface area contributed by atoms with E-state index in [9.17, 15) is 19.3 Å². The van der Waals surface area contributed by atoms with Crippen LogP contribution in [-0.4, -0.2) is 48.3 Å². The lowest BCUT2D eigenvalue weighted by atomic mass is 10.2. The number of hydrogen-bond donors (Lipinski definition) is 2. The number of methoxy groups -OCH3 is 1. The van der Waals surface area contributed by atoms with Crippen molar-refractivity contribution < 1.29 is 18.8 Å². The van der Waals surface area contributed by atoms with E-state index in [1.54, 1.807) is 7.11 Å². The van der Waals surface area contributed by atoms with E-state index in [1.165, 1.54) is 12.1 Å². The third-order valence-corrected chi connectivity index (χ3v) is 3.20. The summed E-state index contributed by atoms with van der Waals surface area (Å²) < 4.78 is 18.1. The minimum Gasteiger partial charge on any atom is -0.385 e. The SMILES string of the molecule is COCCCNC(=S)N(C)NC(=O)c1ccc(F)c([N+](=O)[O-])c1. The molecule has 0 aliphatic rings. The van der Waals surface area contributed by atoms with Gasteiger partial charge in [-0.1, -0.05) is 0 Å². The van der Waals surface area contributed by atoms with Gasteiger partial charge in [0.1, 0.15) is 0 Å². The Kier molecular flexibility index (Phi) is 7.29. The van der Waals surface area contributed by atoms with Crippen LogP contribution in [0.4, 0.5) is 10.1 Å². The van der Waals surface area contributed by atoms with Gasteiger partial charge in [0.2, 0.25) is 5.82 Å². The van der Waals surface area contributed by atoms with Crippen molar-refractivity contribution in [2.24, 2.45) is 0 Å². The number of halogens is 1. The summed E-state index contributed by atoms with van der Waals surface area (Å²) in [6.45, 7) is 1.14. The second-order valence-electron chi connectivity index (χ2n) is 4.50. The first-order chi connectivity index (χ1) is 10.9. The Hall–Kier alpha value is -2.33. The molecule has 0 radical (unpaired) electrons. The fourth-order valence-electron chi connectivity index (χ4n) is 1.59. The second-order valence-corrected chi connectivity index (χ2v) is 4.89. The van der Waals surface area contributed by atoms with E-state index in [0.29, 0.717) is 13.2 Å². The fourth-order valence-corrected chi connectivity index (χ4v) is 1.74. The van der Waals surface area contributed by atoms with Crippen molar-refractivity contribution in [2.75, 3.05) is 27.3 Å². The van der Waals surface area contributed by atoms with Crippen LogP contribution in [-0.2, 0) is 4.74 Å². The van der Waals surface area contributed by atoms with Crippen LogP contribution in [0.15, 0.2) is 18.2 Å². The highest BCUT2D eigenvalue weighted by Crippen LogP contribution is 2.18. The molecule has 0 saturated carbocycles. The lowest BCUT2D eigenvalue weighted by molar-refractivity contribution is -0.387. The number of nitrogens with one attached hydrogen (secondary N) is 2. The van der Waals surface area contributed by atoms with Crippen molar-refractivity contribution in [3.05, 3.63) is 39.7 Å². The first-order valence-electron chi connectivity index (χ1n) is 6.62. The van der Waals surface area contributed by atoms with Gasteiger partial charge in [-0.25, -0.2) is 0 Å². The molecule has 0 fully saturated rings. The molecular weight excluding hydrogens is 327 g/mol. The number of carbonyl (C=O) groups excluding carboxylic acids is 1. The number of nitro benzene ring substituents is 1. The van der Waals surface area contributed by atoms with Gasteiger partial charge in [-0.2, -0.15) is 4.39 Å². The van der Waals surface area contributed by atoms with E-state index in [-0.39, 0.29) is 10.7 Å². The Bertz CT molecular complexity index is 599. The van der Waals surface area contributed by atoms with E-state index in [0.717, 1.165) is 24.6 Å². The zero-order valence-electron chi connectivity index (χ0n) is 12.7. The number of thiocarbonyl (C=S) groups is 1. The molecular formula is C13H17FN4O4S. The number of amides is 1. The van der Waals surface area contributed by atoms with Crippen LogP contribution in [0, 0.1) is 15.9 Å². The summed E-state index contributed by atoms with van der Waals surface area (Å²) in [5, 5.41) is 15.1. The molecule has 8 nitrogen and oxygen atoms in total. The summed E-state index contributed by atoms with van der Waals surface area (Å²) >= 11 is 5.07. The summed E-state index contributed by atoms with van der Waals surface area (Å²) in [4.78, 5) is 21.8. The number of nitrogens with zero attached hydrogens (tertiary/aromatic N) is 2. The Morgan fingerprint density at radius 2 is 2.22 bits per heavy atom. The topological polar surface area (TPSA) is 96.7 Å². The van der Waals surface area contributed by atoms with Gasteiger partial charge in [0, 0.05) is 38.9 Å². The number of ether oxygens (including phenoxy) is 1. The third-order valence-electron chi connectivity index (χ3n) is 2.78. The highest BCUT2D eigenvalue weighted by molar-refractivity contribution is 7.80. The molecule has 23 heavy (non-hydrogen) atoms. The van der Waals surface area contributed by atoms with Crippen molar-refractivity contribution in [1.82, 2.24) is 15.8 Å². The lowest BCUT2D eigenvalue weighted by Crippen LogP contribution is -2.48. The first kappa shape index (κ1) is 18.7. The molecule has 0 atom stereocenters. The molecule has 2 N–H and O–H groups in total. The Morgan fingerprint density at radius 3 is 2.83 bits per heavy atom. The number of benzene rings is 1. The van der Waals surface area contributed by atoms with E-state index in [2.05, 4.69) is 10.7 Å². The van der Waals surface area contributed by atoms with Crippen molar-refractivity contribution in [3.63, 3.8) is 0 Å². The monoisotopic (exact) mass is 344 g/mol. The van der Waals surface area contributed by atoms with Gasteiger partial charge in [-0.15, -0.1) is 0 Å². The van der Waals surface area contributed by atoms with Crippen LogP contribution < -0.4 is 10.7 Å². The maximum atomic E-state index is 13.3. The van der Waals surface area contributed by atoms with E-state index in [1.807, 2.05) is 0 Å². The Morgan fingerprint density at radius 1 is 1.52 bits per heavy atom. The van der Waals surface area contributed by atoms with E-state index in [4.69, 9.17) is 17.0 Å². The molecule has 1 aromatic rings. The van der Waals surface area contributed by atoms with Gasteiger partial charge in [-0.3, -0.25) is 25.3 Å². The number of nitro groups is 1. The minimum atomic E-state index is -1.00.